The smallest absolute Gasteiger partial charge is 0.236 e. The number of fused-ring (bicyclic) bond motifs is 1. The molecule has 1 saturated heterocycles. The SMILES string of the molecule is CN(Cc1nc2ccccc2[nH]1)C(=O)CN1CCN(Cc2ccccc2)CC1. The molecule has 1 aliphatic rings. The number of para-hydroxylation sites is 2. The average Bonchev–Trinajstić information content (AvgIpc) is 3.12. The molecule has 0 atom stereocenters. The van der Waals surface area contributed by atoms with E-state index in [0.29, 0.717) is 13.1 Å². The lowest BCUT2D eigenvalue weighted by molar-refractivity contribution is -0.132. The summed E-state index contributed by atoms with van der Waals surface area (Å²) in [6.07, 6.45) is 0. The summed E-state index contributed by atoms with van der Waals surface area (Å²) in [5.41, 5.74) is 3.29. The Balaban J connectivity index is 1.24. The summed E-state index contributed by atoms with van der Waals surface area (Å²) in [6.45, 7) is 5.80. The summed E-state index contributed by atoms with van der Waals surface area (Å²) >= 11 is 0. The molecule has 1 amide bonds. The molecule has 2 heterocycles. The number of amides is 1. The van der Waals surface area contributed by atoms with E-state index in [9.17, 15) is 4.79 Å². The van der Waals surface area contributed by atoms with E-state index < -0.39 is 0 Å². The van der Waals surface area contributed by atoms with Crippen LogP contribution >= 0.6 is 0 Å². The third-order valence-corrected chi connectivity index (χ3v) is 5.32. The summed E-state index contributed by atoms with van der Waals surface area (Å²) in [4.78, 5) is 26.9. The number of aromatic amines is 1. The van der Waals surface area contributed by atoms with Crippen molar-refractivity contribution in [2.24, 2.45) is 0 Å². The quantitative estimate of drug-likeness (QED) is 0.716. The van der Waals surface area contributed by atoms with Gasteiger partial charge in [-0.25, -0.2) is 4.98 Å². The molecule has 0 spiro atoms. The number of carbonyl (C=O) groups excluding carboxylic acids is 1. The first kappa shape index (κ1) is 18.7. The lowest BCUT2D eigenvalue weighted by Crippen LogP contribution is -2.49. The van der Waals surface area contributed by atoms with Crippen molar-refractivity contribution in [1.82, 2.24) is 24.7 Å². The fraction of sp³-hybridized carbons (Fsp3) is 0.364. The molecule has 0 aliphatic carbocycles. The maximum atomic E-state index is 12.6. The molecule has 0 radical (unpaired) electrons. The summed E-state index contributed by atoms with van der Waals surface area (Å²) in [6, 6.07) is 18.5. The Kier molecular flexibility index (Phi) is 5.69. The van der Waals surface area contributed by atoms with Gasteiger partial charge < -0.3 is 9.88 Å². The number of benzene rings is 2. The minimum absolute atomic E-state index is 0.136. The van der Waals surface area contributed by atoms with Crippen molar-refractivity contribution < 1.29 is 4.79 Å². The van der Waals surface area contributed by atoms with Crippen molar-refractivity contribution in [1.29, 1.82) is 0 Å². The van der Waals surface area contributed by atoms with Gasteiger partial charge in [0, 0.05) is 39.8 Å². The zero-order valence-corrected chi connectivity index (χ0v) is 16.3. The van der Waals surface area contributed by atoms with E-state index in [4.69, 9.17) is 0 Å². The fourth-order valence-electron chi connectivity index (χ4n) is 3.65. The van der Waals surface area contributed by atoms with Crippen LogP contribution in [-0.4, -0.2) is 70.3 Å². The van der Waals surface area contributed by atoms with E-state index in [1.54, 1.807) is 4.90 Å². The van der Waals surface area contributed by atoms with Crippen LogP contribution in [-0.2, 0) is 17.9 Å². The number of carbonyl (C=O) groups is 1. The Bertz CT molecular complexity index is 882. The van der Waals surface area contributed by atoms with Crippen molar-refractivity contribution in [3.05, 3.63) is 66.0 Å². The van der Waals surface area contributed by atoms with Gasteiger partial charge in [0.1, 0.15) is 5.82 Å². The van der Waals surface area contributed by atoms with Crippen LogP contribution in [0.2, 0.25) is 0 Å². The molecule has 3 aromatic rings. The molecule has 146 valence electrons. The van der Waals surface area contributed by atoms with Crippen LogP contribution in [0.15, 0.2) is 54.6 Å². The lowest BCUT2D eigenvalue weighted by Gasteiger charge is -2.35. The first-order valence-electron chi connectivity index (χ1n) is 9.83. The van der Waals surface area contributed by atoms with E-state index in [0.717, 1.165) is 49.6 Å². The number of aromatic nitrogens is 2. The Hall–Kier alpha value is -2.70. The minimum Gasteiger partial charge on any atom is -0.340 e. The second-order valence-corrected chi connectivity index (χ2v) is 7.49. The lowest BCUT2D eigenvalue weighted by atomic mass is 10.2. The summed E-state index contributed by atoms with van der Waals surface area (Å²) in [7, 11) is 1.85. The molecule has 0 unspecified atom stereocenters. The van der Waals surface area contributed by atoms with Gasteiger partial charge in [0.25, 0.3) is 0 Å². The van der Waals surface area contributed by atoms with E-state index in [-0.39, 0.29) is 5.91 Å². The number of H-pyrrole nitrogens is 1. The van der Waals surface area contributed by atoms with Gasteiger partial charge in [-0.1, -0.05) is 42.5 Å². The highest BCUT2D eigenvalue weighted by molar-refractivity contribution is 5.78. The monoisotopic (exact) mass is 377 g/mol. The molecule has 1 aliphatic heterocycles. The zero-order valence-electron chi connectivity index (χ0n) is 16.3. The van der Waals surface area contributed by atoms with Crippen molar-refractivity contribution in [3.8, 4) is 0 Å². The standard InChI is InChI=1S/C22H27N5O/c1-25(16-21-23-19-9-5-6-10-20(19)24-21)22(28)17-27-13-11-26(12-14-27)15-18-7-3-2-4-8-18/h2-10H,11-17H2,1H3,(H,23,24). The minimum atomic E-state index is 0.136. The first-order valence-corrected chi connectivity index (χ1v) is 9.83. The largest absolute Gasteiger partial charge is 0.340 e. The number of rotatable bonds is 6. The molecular formula is C22H27N5O. The van der Waals surface area contributed by atoms with Gasteiger partial charge >= 0.3 is 0 Å². The predicted octanol–water partition coefficient (Wildman–Crippen LogP) is 2.34. The molecule has 4 rings (SSSR count). The van der Waals surface area contributed by atoms with Crippen LogP contribution < -0.4 is 0 Å². The molecular weight excluding hydrogens is 350 g/mol. The van der Waals surface area contributed by atoms with Gasteiger partial charge in [0.05, 0.1) is 24.1 Å². The molecule has 6 nitrogen and oxygen atoms in total. The van der Waals surface area contributed by atoms with E-state index in [1.807, 2.05) is 31.3 Å². The van der Waals surface area contributed by atoms with E-state index >= 15 is 0 Å². The fourth-order valence-corrected chi connectivity index (χ4v) is 3.65. The predicted molar refractivity (Wildman–Crippen MR) is 111 cm³/mol. The van der Waals surface area contributed by atoms with Gasteiger partial charge in [-0.05, 0) is 17.7 Å². The number of piperazine rings is 1. The highest BCUT2D eigenvalue weighted by atomic mass is 16.2. The van der Waals surface area contributed by atoms with Crippen LogP contribution in [0, 0.1) is 0 Å². The molecule has 1 fully saturated rings. The van der Waals surface area contributed by atoms with Gasteiger partial charge in [0.15, 0.2) is 0 Å². The van der Waals surface area contributed by atoms with Gasteiger partial charge in [-0.2, -0.15) is 0 Å². The second kappa shape index (κ2) is 8.54. The number of nitrogens with one attached hydrogen (secondary N) is 1. The number of likely N-dealkylation sites (N-methyl/N-ethyl adjacent to an activating group) is 1. The van der Waals surface area contributed by atoms with E-state index in [1.165, 1.54) is 5.56 Å². The van der Waals surface area contributed by atoms with Gasteiger partial charge in [0.2, 0.25) is 5.91 Å². The van der Waals surface area contributed by atoms with Gasteiger partial charge in [-0.3, -0.25) is 14.6 Å². The van der Waals surface area contributed by atoms with Crippen LogP contribution in [0.3, 0.4) is 0 Å². The molecule has 0 bridgehead atoms. The van der Waals surface area contributed by atoms with Gasteiger partial charge in [-0.15, -0.1) is 0 Å². The summed E-state index contributed by atoms with van der Waals surface area (Å²) in [5, 5.41) is 0. The summed E-state index contributed by atoms with van der Waals surface area (Å²) < 4.78 is 0. The summed E-state index contributed by atoms with van der Waals surface area (Å²) in [5.74, 6) is 0.960. The molecule has 28 heavy (non-hydrogen) atoms. The van der Waals surface area contributed by atoms with Crippen molar-refractivity contribution >= 4 is 16.9 Å². The third-order valence-electron chi connectivity index (χ3n) is 5.32. The number of nitrogens with zero attached hydrogens (tertiary/aromatic N) is 4. The normalized spacial score (nSPS) is 15.8. The average molecular weight is 377 g/mol. The molecule has 1 aromatic heterocycles. The molecule has 6 heteroatoms. The van der Waals surface area contributed by atoms with Crippen molar-refractivity contribution in [3.63, 3.8) is 0 Å². The second-order valence-electron chi connectivity index (χ2n) is 7.49. The maximum Gasteiger partial charge on any atom is 0.236 e. The van der Waals surface area contributed by atoms with Crippen LogP contribution in [0.4, 0.5) is 0 Å². The maximum absolute atomic E-state index is 12.6. The number of hydrogen-bond acceptors (Lipinski definition) is 4. The topological polar surface area (TPSA) is 55.5 Å². The van der Waals surface area contributed by atoms with Crippen LogP contribution in [0.25, 0.3) is 11.0 Å². The molecule has 0 saturated carbocycles. The zero-order chi connectivity index (χ0) is 19.3. The van der Waals surface area contributed by atoms with Crippen LogP contribution in [0.5, 0.6) is 0 Å². The third kappa shape index (κ3) is 4.58. The number of imidazole rings is 1. The van der Waals surface area contributed by atoms with E-state index in [2.05, 4.69) is 50.1 Å². The molecule has 2 aromatic carbocycles. The van der Waals surface area contributed by atoms with Crippen molar-refractivity contribution in [2.75, 3.05) is 39.8 Å². The van der Waals surface area contributed by atoms with Crippen molar-refractivity contribution in [2.45, 2.75) is 13.1 Å². The Labute approximate surface area is 165 Å². The van der Waals surface area contributed by atoms with Crippen LogP contribution in [0.1, 0.15) is 11.4 Å². The highest BCUT2D eigenvalue weighted by Gasteiger charge is 2.21. The number of hydrogen-bond donors (Lipinski definition) is 1. The Morgan fingerprint density at radius 3 is 2.43 bits per heavy atom. The highest BCUT2D eigenvalue weighted by Crippen LogP contribution is 2.12. The molecule has 1 N–H and O–H groups in total. The first-order chi connectivity index (χ1) is 13.7. The Morgan fingerprint density at radius 2 is 1.68 bits per heavy atom. The Morgan fingerprint density at radius 1 is 1.00 bits per heavy atom.